The third-order valence-electron chi connectivity index (χ3n) is 4.04. The van der Waals surface area contributed by atoms with Gasteiger partial charge in [0.15, 0.2) is 16.6 Å². The Hall–Kier alpha value is -3.13. The van der Waals surface area contributed by atoms with Crippen molar-refractivity contribution >= 4 is 28.2 Å². The van der Waals surface area contributed by atoms with E-state index in [-0.39, 0.29) is 12.7 Å². The first kappa shape index (κ1) is 17.3. The molecule has 0 aliphatic carbocycles. The van der Waals surface area contributed by atoms with E-state index in [2.05, 4.69) is 20.6 Å². The Morgan fingerprint density at radius 1 is 1.19 bits per heavy atom. The minimum absolute atomic E-state index is 0.159. The maximum absolute atomic E-state index is 12.6. The number of fused-ring (bicyclic) bond motifs is 1. The van der Waals surface area contributed by atoms with E-state index in [0.29, 0.717) is 33.8 Å². The van der Waals surface area contributed by atoms with Crippen LogP contribution in [0.2, 0.25) is 0 Å². The molecule has 1 amide bonds. The molecule has 1 aliphatic rings. The second-order valence-corrected chi connectivity index (χ2v) is 7.15. The lowest BCUT2D eigenvalue weighted by molar-refractivity contribution is 0.0954. The predicted molar refractivity (Wildman–Crippen MR) is 103 cm³/mol. The Kier molecular flexibility index (Phi) is 4.64. The van der Waals surface area contributed by atoms with Gasteiger partial charge >= 0.3 is 0 Å². The van der Waals surface area contributed by atoms with Crippen LogP contribution in [0.25, 0.3) is 0 Å². The minimum atomic E-state index is -0.159. The number of benzene rings is 1. The van der Waals surface area contributed by atoms with Crippen LogP contribution in [0.4, 0.5) is 10.9 Å². The molecule has 0 atom stereocenters. The van der Waals surface area contributed by atoms with E-state index in [1.54, 1.807) is 6.20 Å². The number of ether oxygens (including phenoxy) is 2. The summed E-state index contributed by atoms with van der Waals surface area (Å²) in [4.78, 5) is 21.8. The highest BCUT2D eigenvalue weighted by Crippen LogP contribution is 2.32. The van der Waals surface area contributed by atoms with Gasteiger partial charge in [-0.25, -0.2) is 9.97 Å². The van der Waals surface area contributed by atoms with Crippen LogP contribution in [-0.4, -0.2) is 22.7 Å². The van der Waals surface area contributed by atoms with Gasteiger partial charge in [-0.15, -0.1) is 0 Å². The molecule has 0 spiro atoms. The Bertz CT molecular complexity index is 1000. The number of carbonyl (C=O) groups is 1. The number of hydrogen-bond donors (Lipinski definition) is 2. The van der Waals surface area contributed by atoms with Crippen LogP contribution >= 0.6 is 11.3 Å². The molecule has 4 rings (SSSR count). The van der Waals surface area contributed by atoms with Gasteiger partial charge in [0.25, 0.3) is 5.91 Å². The normalized spacial score (nSPS) is 12.1. The average molecular weight is 382 g/mol. The number of amides is 1. The van der Waals surface area contributed by atoms with Crippen molar-refractivity contribution in [2.24, 2.45) is 0 Å². The largest absolute Gasteiger partial charge is 0.454 e. The second kappa shape index (κ2) is 7.24. The number of nitrogens with zero attached hydrogens (tertiary/aromatic N) is 2. The lowest BCUT2D eigenvalue weighted by atomic mass is 10.2. The maximum atomic E-state index is 12.6. The smallest absolute Gasteiger partial charge is 0.263 e. The van der Waals surface area contributed by atoms with Crippen molar-refractivity contribution in [2.45, 2.75) is 20.4 Å². The Balaban J connectivity index is 1.42. The van der Waals surface area contributed by atoms with Crippen LogP contribution in [0.5, 0.6) is 11.5 Å². The number of hydrogen-bond acceptors (Lipinski definition) is 7. The van der Waals surface area contributed by atoms with Crippen molar-refractivity contribution in [2.75, 3.05) is 12.1 Å². The molecule has 3 heterocycles. The molecule has 0 unspecified atom stereocenters. The molecule has 0 saturated heterocycles. The molecule has 27 heavy (non-hydrogen) atoms. The van der Waals surface area contributed by atoms with Gasteiger partial charge in [-0.1, -0.05) is 17.4 Å². The number of rotatable bonds is 5. The van der Waals surface area contributed by atoms with Crippen molar-refractivity contribution < 1.29 is 14.3 Å². The molecule has 1 aromatic carbocycles. The number of nitrogens with one attached hydrogen (secondary N) is 2. The fourth-order valence-electron chi connectivity index (χ4n) is 2.69. The van der Waals surface area contributed by atoms with Gasteiger partial charge < -0.3 is 20.1 Å². The van der Waals surface area contributed by atoms with Gasteiger partial charge in [0.2, 0.25) is 6.79 Å². The van der Waals surface area contributed by atoms with Crippen LogP contribution in [0, 0.1) is 13.8 Å². The first-order chi connectivity index (χ1) is 13.1. The van der Waals surface area contributed by atoms with Gasteiger partial charge in [0, 0.05) is 12.7 Å². The summed E-state index contributed by atoms with van der Waals surface area (Å²) < 4.78 is 10.7. The standard InChI is InChI=1S/C19H18N4O3S/c1-11-5-6-20-16(7-11)23-19-22-12(2)17(27-19)18(24)21-9-13-3-4-14-15(8-13)26-10-25-14/h3-8H,9-10H2,1-2H3,(H,21,24)(H,20,22,23). The van der Waals surface area contributed by atoms with E-state index in [9.17, 15) is 4.79 Å². The van der Waals surface area contributed by atoms with Crippen molar-refractivity contribution in [3.8, 4) is 11.5 Å². The van der Waals surface area contributed by atoms with Crippen molar-refractivity contribution in [1.82, 2.24) is 15.3 Å². The molecule has 0 bridgehead atoms. The van der Waals surface area contributed by atoms with Crippen LogP contribution in [0.15, 0.2) is 36.5 Å². The van der Waals surface area contributed by atoms with Gasteiger partial charge in [-0.3, -0.25) is 4.79 Å². The van der Waals surface area contributed by atoms with Crippen LogP contribution < -0.4 is 20.1 Å². The fraction of sp³-hybridized carbons (Fsp3) is 0.211. The summed E-state index contributed by atoms with van der Waals surface area (Å²) in [7, 11) is 0. The molecular formula is C19H18N4O3S. The molecule has 3 aromatic rings. The Labute approximate surface area is 160 Å². The number of aryl methyl sites for hydroxylation is 2. The SMILES string of the molecule is Cc1ccnc(Nc2nc(C)c(C(=O)NCc3ccc4c(c3)OCO4)s2)c1. The van der Waals surface area contributed by atoms with Crippen LogP contribution in [0.3, 0.4) is 0 Å². The van der Waals surface area contributed by atoms with E-state index in [4.69, 9.17) is 9.47 Å². The van der Waals surface area contributed by atoms with Crippen LogP contribution in [0.1, 0.15) is 26.5 Å². The lowest BCUT2D eigenvalue weighted by Crippen LogP contribution is -2.22. The molecule has 7 nitrogen and oxygen atoms in total. The first-order valence-electron chi connectivity index (χ1n) is 8.42. The third-order valence-corrected chi connectivity index (χ3v) is 5.11. The predicted octanol–water partition coefficient (Wildman–Crippen LogP) is 3.56. The van der Waals surface area contributed by atoms with E-state index in [0.717, 1.165) is 16.9 Å². The molecule has 1 aliphatic heterocycles. The molecule has 0 fully saturated rings. The van der Waals surface area contributed by atoms with Gasteiger partial charge in [0.1, 0.15) is 10.7 Å². The number of anilines is 2. The van der Waals surface area contributed by atoms with Gasteiger partial charge in [0.05, 0.1) is 5.69 Å². The summed E-state index contributed by atoms with van der Waals surface area (Å²) in [5.41, 5.74) is 2.72. The zero-order valence-corrected chi connectivity index (χ0v) is 15.7. The van der Waals surface area contributed by atoms with E-state index < -0.39 is 0 Å². The summed E-state index contributed by atoms with van der Waals surface area (Å²) in [5.74, 6) is 1.97. The quantitative estimate of drug-likeness (QED) is 0.702. The molecule has 2 aromatic heterocycles. The van der Waals surface area contributed by atoms with Crippen molar-refractivity contribution in [1.29, 1.82) is 0 Å². The highest BCUT2D eigenvalue weighted by molar-refractivity contribution is 7.17. The monoisotopic (exact) mass is 382 g/mol. The molecule has 0 saturated carbocycles. The first-order valence-corrected chi connectivity index (χ1v) is 9.24. The number of aromatic nitrogens is 2. The average Bonchev–Trinajstić information content (AvgIpc) is 3.25. The third kappa shape index (κ3) is 3.85. The number of thiazole rings is 1. The van der Waals surface area contributed by atoms with Gasteiger partial charge in [-0.05, 0) is 49.2 Å². The summed E-state index contributed by atoms with van der Waals surface area (Å²) >= 11 is 1.30. The molecule has 2 N–H and O–H groups in total. The topological polar surface area (TPSA) is 85.4 Å². The summed E-state index contributed by atoms with van der Waals surface area (Å²) in [6, 6.07) is 9.48. The lowest BCUT2D eigenvalue weighted by Gasteiger charge is -2.05. The van der Waals surface area contributed by atoms with E-state index in [1.807, 2.05) is 44.2 Å². The number of carbonyl (C=O) groups excluding carboxylic acids is 1. The van der Waals surface area contributed by atoms with Crippen molar-refractivity contribution in [3.05, 3.63) is 58.2 Å². The Morgan fingerprint density at radius 2 is 2.04 bits per heavy atom. The fourth-order valence-corrected chi connectivity index (χ4v) is 3.58. The molecule has 8 heteroatoms. The van der Waals surface area contributed by atoms with Crippen LogP contribution in [-0.2, 0) is 6.54 Å². The van der Waals surface area contributed by atoms with E-state index >= 15 is 0 Å². The van der Waals surface area contributed by atoms with Crippen molar-refractivity contribution in [3.63, 3.8) is 0 Å². The molecule has 0 radical (unpaired) electrons. The highest BCUT2D eigenvalue weighted by Gasteiger charge is 2.17. The molecule has 138 valence electrons. The zero-order chi connectivity index (χ0) is 18.8. The minimum Gasteiger partial charge on any atom is -0.454 e. The summed E-state index contributed by atoms with van der Waals surface area (Å²) in [6.07, 6.45) is 1.73. The highest BCUT2D eigenvalue weighted by atomic mass is 32.1. The summed E-state index contributed by atoms with van der Waals surface area (Å²) in [5, 5.41) is 6.71. The number of pyridine rings is 1. The second-order valence-electron chi connectivity index (χ2n) is 6.15. The van der Waals surface area contributed by atoms with Gasteiger partial charge in [-0.2, -0.15) is 0 Å². The Morgan fingerprint density at radius 3 is 2.89 bits per heavy atom. The molecular weight excluding hydrogens is 364 g/mol. The van der Waals surface area contributed by atoms with E-state index in [1.165, 1.54) is 11.3 Å². The maximum Gasteiger partial charge on any atom is 0.263 e. The zero-order valence-electron chi connectivity index (χ0n) is 14.9. The summed E-state index contributed by atoms with van der Waals surface area (Å²) in [6.45, 7) is 4.45.